The molecule has 0 aromatic rings. The summed E-state index contributed by atoms with van der Waals surface area (Å²) in [6.45, 7) is 13.1. The molecule has 0 aliphatic carbocycles. The lowest BCUT2D eigenvalue weighted by Gasteiger charge is -2.30. The van der Waals surface area contributed by atoms with Crippen molar-refractivity contribution in [3.8, 4) is 0 Å². The van der Waals surface area contributed by atoms with Crippen molar-refractivity contribution >= 4 is 5.91 Å². The third-order valence-corrected chi connectivity index (χ3v) is 3.82. The molecule has 1 amide bonds. The molecule has 1 aliphatic heterocycles. The normalized spacial score (nSPS) is 16.0. The van der Waals surface area contributed by atoms with Crippen LogP contribution in [0.3, 0.4) is 0 Å². The second kappa shape index (κ2) is 5.00. The van der Waals surface area contributed by atoms with Gasteiger partial charge in [-0.3, -0.25) is 4.79 Å². The van der Waals surface area contributed by atoms with Gasteiger partial charge in [0.25, 0.3) is 0 Å². The Morgan fingerprint density at radius 1 is 1.44 bits per heavy atom. The quantitative estimate of drug-likeness (QED) is 0.714. The first-order valence-corrected chi connectivity index (χ1v) is 6.02. The van der Waals surface area contributed by atoms with Crippen molar-refractivity contribution in [2.24, 2.45) is 11.3 Å². The first-order chi connectivity index (χ1) is 7.34. The summed E-state index contributed by atoms with van der Waals surface area (Å²) in [5.41, 5.74) is 2.27. The maximum absolute atomic E-state index is 11.8. The van der Waals surface area contributed by atoms with E-state index in [1.165, 1.54) is 5.57 Å². The highest BCUT2D eigenvalue weighted by Crippen LogP contribution is 2.24. The average Bonchev–Trinajstić information content (AvgIpc) is 2.11. The minimum absolute atomic E-state index is 0.0882. The van der Waals surface area contributed by atoms with Gasteiger partial charge in [-0.15, -0.1) is 0 Å². The number of hydrogen-bond donors (Lipinski definition) is 2. The van der Waals surface area contributed by atoms with Gasteiger partial charge in [0.15, 0.2) is 0 Å². The molecule has 0 saturated carbocycles. The Bertz CT molecular complexity index is 297. The fourth-order valence-electron chi connectivity index (χ4n) is 1.32. The SMILES string of the molecule is CC(C(=O)NCC(C)(C)C(C)C)=C1CNC1. The van der Waals surface area contributed by atoms with Gasteiger partial charge in [-0.05, 0) is 23.8 Å². The van der Waals surface area contributed by atoms with Gasteiger partial charge in [0.1, 0.15) is 0 Å². The third kappa shape index (κ3) is 3.08. The van der Waals surface area contributed by atoms with Crippen LogP contribution in [0.1, 0.15) is 34.6 Å². The van der Waals surface area contributed by atoms with Crippen LogP contribution in [-0.2, 0) is 4.79 Å². The number of rotatable bonds is 4. The van der Waals surface area contributed by atoms with Gasteiger partial charge in [0, 0.05) is 25.2 Å². The summed E-state index contributed by atoms with van der Waals surface area (Å²) in [5.74, 6) is 0.649. The van der Waals surface area contributed by atoms with E-state index in [1.54, 1.807) is 0 Å². The standard InChI is InChI=1S/C13H24N2O/c1-9(2)13(4,5)8-15-12(16)10(3)11-6-14-7-11/h9,14H,6-8H2,1-5H3,(H,15,16). The monoisotopic (exact) mass is 224 g/mol. The van der Waals surface area contributed by atoms with Crippen molar-refractivity contribution in [1.29, 1.82) is 0 Å². The van der Waals surface area contributed by atoms with Crippen LogP contribution in [-0.4, -0.2) is 25.5 Å². The van der Waals surface area contributed by atoms with E-state index in [2.05, 4.69) is 38.3 Å². The molecule has 0 aromatic heterocycles. The number of nitrogens with one attached hydrogen (secondary N) is 2. The van der Waals surface area contributed by atoms with E-state index in [-0.39, 0.29) is 11.3 Å². The predicted octanol–water partition coefficient (Wildman–Crippen LogP) is 1.70. The molecule has 0 unspecified atom stereocenters. The molecule has 1 aliphatic rings. The minimum atomic E-state index is 0.0882. The first kappa shape index (κ1) is 13.2. The Morgan fingerprint density at radius 3 is 2.38 bits per heavy atom. The first-order valence-electron chi connectivity index (χ1n) is 6.02. The van der Waals surface area contributed by atoms with E-state index in [4.69, 9.17) is 0 Å². The fourth-order valence-corrected chi connectivity index (χ4v) is 1.32. The van der Waals surface area contributed by atoms with Crippen LogP contribution in [0.4, 0.5) is 0 Å². The zero-order valence-corrected chi connectivity index (χ0v) is 11.1. The van der Waals surface area contributed by atoms with E-state index in [0.29, 0.717) is 5.92 Å². The van der Waals surface area contributed by atoms with Crippen molar-refractivity contribution in [3.63, 3.8) is 0 Å². The highest BCUT2D eigenvalue weighted by atomic mass is 16.1. The van der Waals surface area contributed by atoms with Gasteiger partial charge >= 0.3 is 0 Å². The van der Waals surface area contributed by atoms with Gasteiger partial charge in [-0.2, -0.15) is 0 Å². The Labute approximate surface area is 98.7 Å². The molecule has 1 fully saturated rings. The van der Waals surface area contributed by atoms with Crippen molar-refractivity contribution in [2.75, 3.05) is 19.6 Å². The van der Waals surface area contributed by atoms with E-state index < -0.39 is 0 Å². The largest absolute Gasteiger partial charge is 0.352 e. The Kier molecular flexibility index (Phi) is 4.14. The fraction of sp³-hybridized carbons (Fsp3) is 0.769. The van der Waals surface area contributed by atoms with Gasteiger partial charge in [-0.25, -0.2) is 0 Å². The molecule has 0 radical (unpaired) electrons. The molecular formula is C13H24N2O. The zero-order valence-electron chi connectivity index (χ0n) is 11.1. The second-order valence-corrected chi connectivity index (χ2v) is 5.66. The van der Waals surface area contributed by atoms with E-state index in [9.17, 15) is 4.79 Å². The maximum atomic E-state index is 11.8. The number of amides is 1. The van der Waals surface area contributed by atoms with Gasteiger partial charge < -0.3 is 10.6 Å². The molecule has 0 aromatic carbocycles. The lowest BCUT2D eigenvalue weighted by atomic mass is 9.81. The van der Waals surface area contributed by atoms with Crippen molar-refractivity contribution in [3.05, 3.63) is 11.1 Å². The van der Waals surface area contributed by atoms with Crippen LogP contribution in [0.15, 0.2) is 11.1 Å². The number of hydrogen-bond acceptors (Lipinski definition) is 2. The molecule has 0 atom stereocenters. The Hall–Kier alpha value is -0.830. The molecule has 1 rings (SSSR count). The lowest BCUT2D eigenvalue weighted by Crippen LogP contribution is -2.40. The zero-order chi connectivity index (χ0) is 12.3. The molecule has 16 heavy (non-hydrogen) atoms. The third-order valence-electron chi connectivity index (χ3n) is 3.82. The Balaban J connectivity index is 2.47. The summed E-state index contributed by atoms with van der Waals surface area (Å²) in [4.78, 5) is 11.8. The molecule has 3 nitrogen and oxygen atoms in total. The summed E-state index contributed by atoms with van der Waals surface area (Å²) in [6, 6.07) is 0. The summed E-state index contributed by atoms with van der Waals surface area (Å²) >= 11 is 0. The van der Waals surface area contributed by atoms with Crippen LogP contribution in [0.2, 0.25) is 0 Å². The van der Waals surface area contributed by atoms with Crippen LogP contribution in [0, 0.1) is 11.3 Å². The lowest BCUT2D eigenvalue weighted by molar-refractivity contribution is -0.118. The summed E-state index contributed by atoms with van der Waals surface area (Å²) in [7, 11) is 0. The molecule has 0 bridgehead atoms. The maximum Gasteiger partial charge on any atom is 0.246 e. The molecule has 92 valence electrons. The number of carbonyl (C=O) groups excluding carboxylic acids is 1. The summed E-state index contributed by atoms with van der Waals surface area (Å²) in [5, 5.41) is 6.18. The van der Waals surface area contributed by atoms with Crippen molar-refractivity contribution in [2.45, 2.75) is 34.6 Å². The Morgan fingerprint density at radius 2 is 2.00 bits per heavy atom. The molecular weight excluding hydrogens is 200 g/mol. The molecule has 3 heteroatoms. The molecule has 0 spiro atoms. The van der Waals surface area contributed by atoms with E-state index >= 15 is 0 Å². The summed E-state index contributed by atoms with van der Waals surface area (Å²) in [6.07, 6.45) is 0. The topological polar surface area (TPSA) is 41.1 Å². The molecule has 1 heterocycles. The smallest absolute Gasteiger partial charge is 0.246 e. The van der Waals surface area contributed by atoms with Crippen LogP contribution in [0.5, 0.6) is 0 Å². The van der Waals surface area contributed by atoms with Gasteiger partial charge in [0.2, 0.25) is 5.91 Å². The summed E-state index contributed by atoms with van der Waals surface area (Å²) < 4.78 is 0. The average molecular weight is 224 g/mol. The molecule has 1 saturated heterocycles. The number of carbonyl (C=O) groups is 1. The van der Waals surface area contributed by atoms with Crippen LogP contribution < -0.4 is 10.6 Å². The minimum Gasteiger partial charge on any atom is -0.352 e. The van der Waals surface area contributed by atoms with E-state index in [1.807, 2.05) is 6.92 Å². The highest BCUT2D eigenvalue weighted by molar-refractivity contribution is 5.93. The second-order valence-electron chi connectivity index (χ2n) is 5.66. The van der Waals surface area contributed by atoms with Crippen LogP contribution in [0.25, 0.3) is 0 Å². The van der Waals surface area contributed by atoms with Crippen molar-refractivity contribution < 1.29 is 4.79 Å². The highest BCUT2D eigenvalue weighted by Gasteiger charge is 2.24. The predicted molar refractivity (Wildman–Crippen MR) is 67.2 cm³/mol. The van der Waals surface area contributed by atoms with Gasteiger partial charge in [-0.1, -0.05) is 27.7 Å². The molecule has 2 N–H and O–H groups in total. The van der Waals surface area contributed by atoms with Crippen LogP contribution >= 0.6 is 0 Å². The van der Waals surface area contributed by atoms with Gasteiger partial charge in [0.05, 0.1) is 0 Å². The van der Waals surface area contributed by atoms with E-state index in [0.717, 1.165) is 25.2 Å². The van der Waals surface area contributed by atoms with Crippen molar-refractivity contribution in [1.82, 2.24) is 10.6 Å².